The van der Waals surface area contributed by atoms with Crippen LogP contribution < -0.4 is 16.4 Å². The molecule has 0 spiro atoms. The Morgan fingerprint density at radius 2 is 1.88 bits per heavy atom. The van der Waals surface area contributed by atoms with Crippen molar-refractivity contribution in [3.8, 4) is 0 Å². The van der Waals surface area contributed by atoms with Crippen LogP contribution in [0, 0.1) is 0 Å². The van der Waals surface area contributed by atoms with E-state index in [0.717, 1.165) is 5.56 Å². The highest BCUT2D eigenvalue weighted by Gasteiger charge is 2.37. The zero-order chi connectivity index (χ0) is 10.0. The summed E-state index contributed by atoms with van der Waals surface area (Å²) in [5, 5.41) is 5.59. The normalized spacial score (nSPS) is 22.4. The number of hydrogen-bond donors (Lipinski definition) is 3. The SMILES string of the molecule is Cl.Cl.NCC1(c2ccccc2)CNC(=O)N1. The Bertz CT molecular complexity index is 347. The maximum Gasteiger partial charge on any atom is 0.315 e. The van der Waals surface area contributed by atoms with Gasteiger partial charge in [0.05, 0.1) is 5.54 Å². The second-order valence-electron chi connectivity index (χ2n) is 3.46. The third kappa shape index (κ3) is 2.58. The van der Waals surface area contributed by atoms with E-state index in [1.807, 2.05) is 30.3 Å². The molecule has 0 bridgehead atoms. The first-order valence-electron chi connectivity index (χ1n) is 4.58. The highest BCUT2D eigenvalue weighted by Crippen LogP contribution is 2.21. The van der Waals surface area contributed by atoms with Crippen molar-refractivity contribution in [2.45, 2.75) is 5.54 Å². The number of hydrogen-bond acceptors (Lipinski definition) is 2. The van der Waals surface area contributed by atoms with Crippen LogP contribution in [0.4, 0.5) is 4.79 Å². The van der Waals surface area contributed by atoms with Crippen molar-refractivity contribution in [3.05, 3.63) is 35.9 Å². The molecule has 2 rings (SSSR count). The van der Waals surface area contributed by atoms with Gasteiger partial charge in [0.2, 0.25) is 0 Å². The van der Waals surface area contributed by atoms with Gasteiger partial charge in [-0.2, -0.15) is 0 Å². The quantitative estimate of drug-likeness (QED) is 0.746. The molecule has 0 radical (unpaired) electrons. The second kappa shape index (κ2) is 5.94. The second-order valence-corrected chi connectivity index (χ2v) is 3.46. The smallest absolute Gasteiger partial charge is 0.315 e. The molecule has 2 amide bonds. The summed E-state index contributed by atoms with van der Waals surface area (Å²) in [5.74, 6) is 0. The molecule has 1 saturated heterocycles. The van der Waals surface area contributed by atoms with E-state index in [2.05, 4.69) is 10.6 Å². The average molecular weight is 264 g/mol. The van der Waals surface area contributed by atoms with Crippen molar-refractivity contribution in [1.82, 2.24) is 10.6 Å². The topological polar surface area (TPSA) is 67.1 Å². The van der Waals surface area contributed by atoms with Crippen molar-refractivity contribution in [1.29, 1.82) is 0 Å². The fourth-order valence-electron chi connectivity index (χ4n) is 1.71. The molecule has 1 atom stereocenters. The van der Waals surface area contributed by atoms with Gasteiger partial charge in [0.15, 0.2) is 0 Å². The van der Waals surface area contributed by atoms with Crippen molar-refractivity contribution >= 4 is 30.8 Å². The van der Waals surface area contributed by atoms with Gasteiger partial charge in [0.1, 0.15) is 0 Å². The lowest BCUT2D eigenvalue weighted by atomic mass is 9.91. The highest BCUT2D eigenvalue weighted by molar-refractivity contribution is 5.85. The molecule has 6 heteroatoms. The van der Waals surface area contributed by atoms with Crippen molar-refractivity contribution in [2.75, 3.05) is 13.1 Å². The highest BCUT2D eigenvalue weighted by atomic mass is 35.5. The van der Waals surface area contributed by atoms with Crippen LogP contribution >= 0.6 is 24.8 Å². The van der Waals surface area contributed by atoms with Gasteiger partial charge in [-0.1, -0.05) is 30.3 Å². The molecule has 4 nitrogen and oxygen atoms in total. The van der Waals surface area contributed by atoms with Crippen LogP contribution in [0.25, 0.3) is 0 Å². The third-order valence-electron chi connectivity index (χ3n) is 2.58. The molecule has 90 valence electrons. The fraction of sp³-hybridized carbons (Fsp3) is 0.300. The molecule has 0 aromatic heterocycles. The number of benzene rings is 1. The maximum atomic E-state index is 11.1. The zero-order valence-electron chi connectivity index (χ0n) is 8.60. The minimum absolute atomic E-state index is 0. The third-order valence-corrected chi connectivity index (χ3v) is 2.58. The number of rotatable bonds is 2. The molecule has 0 aliphatic carbocycles. The Hall–Kier alpha value is -0.970. The number of halogens is 2. The molecule has 1 aliphatic heterocycles. The van der Waals surface area contributed by atoms with Crippen molar-refractivity contribution in [3.63, 3.8) is 0 Å². The predicted octanol–water partition coefficient (Wildman–Crippen LogP) is 0.997. The lowest BCUT2D eigenvalue weighted by molar-refractivity contribution is 0.244. The summed E-state index contributed by atoms with van der Waals surface area (Å²) in [6.07, 6.45) is 0. The number of nitrogens with two attached hydrogens (primary N) is 1. The van der Waals surface area contributed by atoms with Crippen LogP contribution in [-0.4, -0.2) is 19.1 Å². The van der Waals surface area contributed by atoms with Gasteiger partial charge in [-0.25, -0.2) is 4.79 Å². The molecule has 1 fully saturated rings. The van der Waals surface area contributed by atoms with Crippen LogP contribution in [0.2, 0.25) is 0 Å². The van der Waals surface area contributed by atoms with Gasteiger partial charge in [-0.15, -0.1) is 24.8 Å². The van der Waals surface area contributed by atoms with E-state index in [4.69, 9.17) is 5.73 Å². The fourth-order valence-corrected chi connectivity index (χ4v) is 1.71. The Kier molecular flexibility index (Phi) is 5.58. The van der Waals surface area contributed by atoms with Gasteiger partial charge in [0.25, 0.3) is 0 Å². The Morgan fingerprint density at radius 3 is 2.31 bits per heavy atom. The lowest BCUT2D eigenvalue weighted by Gasteiger charge is -2.26. The van der Waals surface area contributed by atoms with Crippen LogP contribution in [0.1, 0.15) is 5.56 Å². The van der Waals surface area contributed by atoms with Crippen LogP contribution in [0.3, 0.4) is 0 Å². The first kappa shape index (κ1) is 15.0. The number of urea groups is 1. The monoisotopic (exact) mass is 263 g/mol. The Morgan fingerprint density at radius 1 is 1.25 bits per heavy atom. The first-order chi connectivity index (χ1) is 6.77. The Labute approximate surface area is 107 Å². The van der Waals surface area contributed by atoms with E-state index >= 15 is 0 Å². The average Bonchev–Trinajstić information content (AvgIpc) is 2.63. The summed E-state index contributed by atoms with van der Waals surface area (Å²) >= 11 is 0. The van der Waals surface area contributed by atoms with E-state index in [9.17, 15) is 4.79 Å². The molecule has 0 saturated carbocycles. The largest absolute Gasteiger partial charge is 0.335 e. The van der Waals surface area contributed by atoms with Crippen LogP contribution in [0.5, 0.6) is 0 Å². The zero-order valence-corrected chi connectivity index (χ0v) is 10.2. The summed E-state index contributed by atoms with van der Waals surface area (Å²) in [4.78, 5) is 11.1. The Balaban J connectivity index is 0.00000112. The van der Waals surface area contributed by atoms with Gasteiger partial charge >= 0.3 is 6.03 Å². The molecule has 1 aliphatic rings. The number of amides is 2. The summed E-state index contributed by atoms with van der Waals surface area (Å²) in [7, 11) is 0. The molecule has 1 unspecified atom stereocenters. The van der Waals surface area contributed by atoms with Crippen LogP contribution in [-0.2, 0) is 5.54 Å². The van der Waals surface area contributed by atoms with Gasteiger partial charge in [-0.05, 0) is 5.56 Å². The summed E-state index contributed by atoms with van der Waals surface area (Å²) < 4.78 is 0. The molecular weight excluding hydrogens is 249 g/mol. The molecule has 1 heterocycles. The number of carbonyl (C=O) groups excluding carboxylic acids is 1. The van der Waals surface area contributed by atoms with E-state index in [-0.39, 0.29) is 30.8 Å². The van der Waals surface area contributed by atoms with E-state index < -0.39 is 5.54 Å². The molecular formula is C10H15Cl2N3O. The number of carbonyl (C=O) groups is 1. The number of nitrogens with one attached hydrogen (secondary N) is 2. The molecule has 1 aromatic carbocycles. The van der Waals surface area contributed by atoms with Crippen LogP contribution in [0.15, 0.2) is 30.3 Å². The molecule has 16 heavy (non-hydrogen) atoms. The van der Waals surface area contributed by atoms with Crippen molar-refractivity contribution in [2.24, 2.45) is 5.73 Å². The minimum Gasteiger partial charge on any atom is -0.335 e. The maximum absolute atomic E-state index is 11.1. The summed E-state index contributed by atoms with van der Waals surface area (Å²) in [6.45, 7) is 0.947. The van der Waals surface area contributed by atoms with E-state index in [0.29, 0.717) is 13.1 Å². The summed E-state index contributed by atoms with van der Waals surface area (Å²) in [5.41, 5.74) is 6.32. The van der Waals surface area contributed by atoms with Crippen molar-refractivity contribution < 1.29 is 4.79 Å². The van der Waals surface area contributed by atoms with E-state index in [1.165, 1.54) is 0 Å². The van der Waals surface area contributed by atoms with E-state index in [1.54, 1.807) is 0 Å². The summed E-state index contributed by atoms with van der Waals surface area (Å²) in [6, 6.07) is 9.62. The first-order valence-corrected chi connectivity index (χ1v) is 4.58. The van der Waals surface area contributed by atoms with Gasteiger partial charge in [-0.3, -0.25) is 0 Å². The lowest BCUT2D eigenvalue weighted by Crippen LogP contribution is -2.46. The molecule has 1 aromatic rings. The standard InChI is InChI=1S/C10H13N3O.2ClH/c11-6-10(7-12-9(14)13-10)8-4-2-1-3-5-8;;/h1-5H,6-7,11H2,(H2,12,13,14);2*1H. The predicted molar refractivity (Wildman–Crippen MR) is 68.2 cm³/mol. The van der Waals surface area contributed by atoms with Gasteiger partial charge in [0, 0.05) is 13.1 Å². The minimum atomic E-state index is -0.432. The van der Waals surface area contributed by atoms with Gasteiger partial charge < -0.3 is 16.4 Å². The molecule has 4 N–H and O–H groups in total.